The number of aryl methyl sites for hydroxylation is 1. The fourth-order valence-corrected chi connectivity index (χ4v) is 1.68. The molecule has 21 heavy (non-hydrogen) atoms. The van der Waals surface area contributed by atoms with E-state index in [0.717, 1.165) is 5.57 Å². The van der Waals surface area contributed by atoms with Crippen LogP contribution in [0.3, 0.4) is 0 Å². The highest BCUT2D eigenvalue weighted by Gasteiger charge is 2.15. The second-order valence-corrected chi connectivity index (χ2v) is 4.81. The molecule has 0 aromatic carbocycles. The molecule has 6 nitrogen and oxygen atoms in total. The standard InChI is InChI=1S/C15H20N2O4/c1-5-17(9-11(2)3)14(19)10-21-15(20)12-6-7-16(4)13(18)8-12/h6-8H,2,5,9-10H2,1,3-4H3. The van der Waals surface area contributed by atoms with Gasteiger partial charge in [0.2, 0.25) is 0 Å². The Morgan fingerprint density at radius 3 is 2.62 bits per heavy atom. The molecular formula is C15H20N2O4. The van der Waals surface area contributed by atoms with Crippen molar-refractivity contribution in [3.63, 3.8) is 0 Å². The molecule has 0 spiro atoms. The molecule has 0 bridgehead atoms. The number of nitrogens with zero attached hydrogens (tertiary/aromatic N) is 2. The van der Waals surface area contributed by atoms with E-state index in [1.54, 1.807) is 11.9 Å². The van der Waals surface area contributed by atoms with Crippen molar-refractivity contribution in [2.45, 2.75) is 13.8 Å². The summed E-state index contributed by atoms with van der Waals surface area (Å²) in [6, 6.07) is 2.65. The second-order valence-electron chi connectivity index (χ2n) is 4.81. The maximum atomic E-state index is 11.9. The molecule has 0 unspecified atom stereocenters. The molecule has 0 aliphatic carbocycles. The summed E-state index contributed by atoms with van der Waals surface area (Å²) in [5.41, 5.74) is 0.671. The van der Waals surface area contributed by atoms with Gasteiger partial charge in [-0.15, -0.1) is 0 Å². The van der Waals surface area contributed by atoms with Crippen molar-refractivity contribution in [1.82, 2.24) is 9.47 Å². The normalized spacial score (nSPS) is 10.0. The zero-order valence-corrected chi connectivity index (χ0v) is 12.6. The number of esters is 1. The summed E-state index contributed by atoms with van der Waals surface area (Å²) < 4.78 is 6.28. The Morgan fingerprint density at radius 2 is 2.10 bits per heavy atom. The van der Waals surface area contributed by atoms with Gasteiger partial charge in [-0.05, 0) is 19.9 Å². The molecule has 0 fully saturated rings. The van der Waals surface area contributed by atoms with E-state index in [9.17, 15) is 14.4 Å². The number of rotatable bonds is 6. The monoisotopic (exact) mass is 292 g/mol. The lowest BCUT2D eigenvalue weighted by Crippen LogP contribution is -2.35. The minimum atomic E-state index is -0.688. The third-order valence-electron chi connectivity index (χ3n) is 2.86. The average Bonchev–Trinajstić information content (AvgIpc) is 2.44. The number of amides is 1. The van der Waals surface area contributed by atoms with Gasteiger partial charge < -0.3 is 14.2 Å². The Balaban J connectivity index is 2.63. The Kier molecular flexibility index (Phi) is 5.90. The van der Waals surface area contributed by atoms with Gasteiger partial charge in [-0.25, -0.2) is 4.79 Å². The number of pyridine rings is 1. The first-order valence-electron chi connectivity index (χ1n) is 6.61. The van der Waals surface area contributed by atoms with E-state index in [2.05, 4.69) is 6.58 Å². The highest BCUT2D eigenvalue weighted by atomic mass is 16.5. The van der Waals surface area contributed by atoms with Crippen molar-refractivity contribution in [3.05, 3.63) is 46.4 Å². The molecule has 1 heterocycles. The fraction of sp³-hybridized carbons (Fsp3) is 0.400. The lowest BCUT2D eigenvalue weighted by Gasteiger charge is -2.20. The third kappa shape index (κ3) is 4.91. The Hall–Kier alpha value is -2.37. The van der Waals surface area contributed by atoms with Crippen LogP contribution in [0, 0.1) is 0 Å². The number of hydrogen-bond donors (Lipinski definition) is 0. The van der Waals surface area contributed by atoms with Crippen molar-refractivity contribution in [2.24, 2.45) is 7.05 Å². The maximum absolute atomic E-state index is 11.9. The van der Waals surface area contributed by atoms with Crippen LogP contribution in [0.4, 0.5) is 0 Å². The van der Waals surface area contributed by atoms with Gasteiger partial charge in [0.05, 0.1) is 5.56 Å². The molecule has 1 amide bonds. The lowest BCUT2D eigenvalue weighted by molar-refractivity contribution is -0.133. The molecular weight excluding hydrogens is 272 g/mol. The van der Waals surface area contributed by atoms with E-state index in [-0.39, 0.29) is 23.6 Å². The zero-order valence-electron chi connectivity index (χ0n) is 12.6. The first-order valence-corrected chi connectivity index (χ1v) is 6.61. The van der Waals surface area contributed by atoms with Gasteiger partial charge in [0.15, 0.2) is 6.61 Å². The lowest BCUT2D eigenvalue weighted by atomic mass is 10.3. The number of aromatic nitrogens is 1. The van der Waals surface area contributed by atoms with Crippen LogP contribution < -0.4 is 5.56 Å². The number of carbonyl (C=O) groups is 2. The highest BCUT2D eigenvalue weighted by molar-refractivity contribution is 5.91. The van der Waals surface area contributed by atoms with Crippen LogP contribution in [0.15, 0.2) is 35.3 Å². The summed E-state index contributed by atoms with van der Waals surface area (Å²) in [6.07, 6.45) is 1.47. The van der Waals surface area contributed by atoms with Crippen LogP contribution in [0.5, 0.6) is 0 Å². The highest BCUT2D eigenvalue weighted by Crippen LogP contribution is 2.01. The Morgan fingerprint density at radius 1 is 1.43 bits per heavy atom. The van der Waals surface area contributed by atoms with Gasteiger partial charge in [0.25, 0.3) is 11.5 Å². The van der Waals surface area contributed by atoms with Crippen LogP contribution in [0.2, 0.25) is 0 Å². The third-order valence-corrected chi connectivity index (χ3v) is 2.86. The van der Waals surface area contributed by atoms with Crippen molar-refractivity contribution in [2.75, 3.05) is 19.7 Å². The number of carbonyl (C=O) groups excluding carboxylic acids is 2. The van der Waals surface area contributed by atoms with E-state index in [1.807, 2.05) is 13.8 Å². The molecule has 0 N–H and O–H groups in total. The molecule has 114 valence electrons. The van der Waals surface area contributed by atoms with Crippen molar-refractivity contribution in [1.29, 1.82) is 0 Å². The molecule has 1 aromatic rings. The minimum absolute atomic E-state index is 0.133. The predicted molar refractivity (Wildman–Crippen MR) is 79.0 cm³/mol. The van der Waals surface area contributed by atoms with Crippen LogP contribution in [-0.2, 0) is 16.6 Å². The second kappa shape index (κ2) is 7.42. The van der Waals surface area contributed by atoms with E-state index in [1.165, 1.54) is 22.9 Å². The fourth-order valence-electron chi connectivity index (χ4n) is 1.68. The number of likely N-dealkylation sites (N-methyl/N-ethyl adjacent to an activating group) is 1. The molecule has 1 aromatic heterocycles. The van der Waals surface area contributed by atoms with Gasteiger partial charge in [-0.3, -0.25) is 9.59 Å². The SMILES string of the molecule is C=C(C)CN(CC)C(=O)COC(=O)c1ccn(C)c(=O)c1. The van der Waals surface area contributed by atoms with E-state index < -0.39 is 5.97 Å². The van der Waals surface area contributed by atoms with Crippen molar-refractivity contribution in [3.8, 4) is 0 Å². The number of ether oxygens (including phenoxy) is 1. The molecule has 0 atom stereocenters. The summed E-state index contributed by atoms with van der Waals surface area (Å²) in [7, 11) is 1.58. The summed E-state index contributed by atoms with van der Waals surface area (Å²) >= 11 is 0. The zero-order chi connectivity index (χ0) is 16.0. The minimum Gasteiger partial charge on any atom is -0.452 e. The van der Waals surface area contributed by atoms with Crippen LogP contribution in [0.25, 0.3) is 0 Å². The first-order chi connectivity index (χ1) is 9.85. The molecule has 0 aliphatic rings. The largest absolute Gasteiger partial charge is 0.452 e. The molecule has 0 aliphatic heterocycles. The Labute approximate surface area is 123 Å². The van der Waals surface area contributed by atoms with E-state index in [4.69, 9.17) is 4.74 Å². The molecule has 6 heteroatoms. The van der Waals surface area contributed by atoms with Gasteiger partial charge in [0.1, 0.15) is 0 Å². The molecule has 1 rings (SSSR count). The first kappa shape index (κ1) is 16.7. The number of hydrogen-bond acceptors (Lipinski definition) is 4. The van der Waals surface area contributed by atoms with E-state index in [0.29, 0.717) is 13.1 Å². The molecule has 0 saturated carbocycles. The van der Waals surface area contributed by atoms with Crippen molar-refractivity contribution < 1.29 is 14.3 Å². The van der Waals surface area contributed by atoms with Gasteiger partial charge in [-0.1, -0.05) is 12.2 Å². The Bertz CT molecular complexity index is 604. The van der Waals surface area contributed by atoms with Crippen molar-refractivity contribution >= 4 is 11.9 Å². The summed E-state index contributed by atoms with van der Waals surface area (Å²) in [5.74, 6) is -0.981. The average molecular weight is 292 g/mol. The van der Waals surface area contributed by atoms with Gasteiger partial charge in [-0.2, -0.15) is 0 Å². The summed E-state index contributed by atoms with van der Waals surface area (Å²) in [6.45, 7) is 7.99. The van der Waals surface area contributed by atoms with Gasteiger partial charge >= 0.3 is 5.97 Å². The van der Waals surface area contributed by atoms with Crippen LogP contribution >= 0.6 is 0 Å². The van der Waals surface area contributed by atoms with Gasteiger partial charge in [0, 0.05) is 32.4 Å². The maximum Gasteiger partial charge on any atom is 0.338 e. The molecule has 0 saturated heterocycles. The topological polar surface area (TPSA) is 68.6 Å². The van der Waals surface area contributed by atoms with Crippen LogP contribution in [-0.4, -0.2) is 41.0 Å². The summed E-state index contributed by atoms with van der Waals surface area (Å²) in [5, 5.41) is 0. The smallest absolute Gasteiger partial charge is 0.338 e. The van der Waals surface area contributed by atoms with E-state index >= 15 is 0 Å². The predicted octanol–water partition coefficient (Wildman–Crippen LogP) is 0.967. The quantitative estimate of drug-likeness (QED) is 0.578. The van der Waals surface area contributed by atoms with Crippen LogP contribution in [0.1, 0.15) is 24.2 Å². The summed E-state index contributed by atoms with van der Waals surface area (Å²) in [4.78, 5) is 36.7. The molecule has 0 radical (unpaired) electrons.